The number of carbonyl (C=O) groups excluding carboxylic acids is 1. The first kappa shape index (κ1) is 9.38. The second kappa shape index (κ2) is 4.36. The summed E-state index contributed by atoms with van der Waals surface area (Å²) in [6.45, 7) is 0. The topological polar surface area (TPSA) is 29.4 Å². The first-order chi connectivity index (χ1) is 7.40. The summed E-state index contributed by atoms with van der Waals surface area (Å²) in [7, 11) is 0. The minimum atomic E-state index is 0.631. The van der Waals surface area contributed by atoms with Gasteiger partial charge in [-0.25, -0.2) is 4.79 Å². The molecule has 0 aromatic heterocycles. The highest BCUT2D eigenvalue weighted by Gasteiger charge is 1.96. The standard InChI is InChI=1S/C13H9NO/c15-10-14-13-8-4-7-12(9-13)11-5-2-1-3-6-11/h1-9H. The van der Waals surface area contributed by atoms with E-state index in [0.29, 0.717) is 5.69 Å². The SMILES string of the molecule is O=C=Nc1cccc(-c2ccccc2)c1. The molecule has 0 saturated carbocycles. The van der Waals surface area contributed by atoms with E-state index < -0.39 is 0 Å². The van der Waals surface area contributed by atoms with Crippen molar-refractivity contribution in [1.29, 1.82) is 0 Å². The molecule has 0 atom stereocenters. The molecule has 0 heterocycles. The van der Waals surface area contributed by atoms with Crippen LogP contribution in [0.1, 0.15) is 0 Å². The molecule has 15 heavy (non-hydrogen) atoms. The largest absolute Gasteiger partial charge is 0.240 e. The van der Waals surface area contributed by atoms with Crippen LogP contribution < -0.4 is 0 Å². The third-order valence-electron chi connectivity index (χ3n) is 2.13. The van der Waals surface area contributed by atoms with Gasteiger partial charge in [0.25, 0.3) is 0 Å². The van der Waals surface area contributed by atoms with Gasteiger partial charge in [-0.3, -0.25) is 0 Å². The summed E-state index contributed by atoms with van der Waals surface area (Å²) >= 11 is 0. The maximum Gasteiger partial charge on any atom is 0.240 e. The summed E-state index contributed by atoms with van der Waals surface area (Å²) in [5.74, 6) is 0. The molecule has 72 valence electrons. The molecular weight excluding hydrogens is 186 g/mol. The molecule has 2 rings (SSSR count). The Hall–Kier alpha value is -2.18. The lowest BCUT2D eigenvalue weighted by molar-refractivity contribution is 0.565. The van der Waals surface area contributed by atoms with Crippen molar-refractivity contribution in [3.8, 4) is 11.1 Å². The van der Waals surface area contributed by atoms with Gasteiger partial charge in [0, 0.05) is 0 Å². The molecule has 2 aromatic rings. The fraction of sp³-hybridized carbons (Fsp3) is 0. The highest BCUT2D eigenvalue weighted by molar-refractivity contribution is 5.67. The Labute approximate surface area is 87.9 Å². The molecule has 0 aliphatic rings. The van der Waals surface area contributed by atoms with Crippen LogP contribution in [0.25, 0.3) is 11.1 Å². The molecule has 2 nitrogen and oxygen atoms in total. The molecule has 0 amide bonds. The zero-order valence-electron chi connectivity index (χ0n) is 8.05. The van der Waals surface area contributed by atoms with Crippen LogP contribution in [0.2, 0.25) is 0 Å². The molecule has 0 fully saturated rings. The van der Waals surface area contributed by atoms with Crippen LogP contribution in [-0.4, -0.2) is 6.08 Å². The van der Waals surface area contributed by atoms with E-state index in [1.54, 1.807) is 6.07 Å². The first-order valence-electron chi connectivity index (χ1n) is 4.63. The summed E-state index contributed by atoms with van der Waals surface area (Å²) in [5, 5.41) is 0. The number of rotatable bonds is 2. The Morgan fingerprint density at radius 3 is 2.33 bits per heavy atom. The van der Waals surface area contributed by atoms with E-state index in [0.717, 1.165) is 11.1 Å². The van der Waals surface area contributed by atoms with Gasteiger partial charge in [0.2, 0.25) is 6.08 Å². The van der Waals surface area contributed by atoms with Crippen molar-refractivity contribution in [1.82, 2.24) is 0 Å². The number of isocyanates is 1. The first-order valence-corrected chi connectivity index (χ1v) is 4.63. The third kappa shape index (κ3) is 2.19. The fourth-order valence-electron chi connectivity index (χ4n) is 1.44. The van der Waals surface area contributed by atoms with E-state index in [-0.39, 0.29) is 0 Å². The van der Waals surface area contributed by atoms with Gasteiger partial charge in [0.05, 0.1) is 5.69 Å². The van der Waals surface area contributed by atoms with Gasteiger partial charge in [0.1, 0.15) is 0 Å². The van der Waals surface area contributed by atoms with Crippen LogP contribution in [-0.2, 0) is 4.79 Å². The van der Waals surface area contributed by atoms with Crippen LogP contribution in [0.5, 0.6) is 0 Å². The van der Waals surface area contributed by atoms with Crippen LogP contribution in [0.3, 0.4) is 0 Å². The number of hydrogen-bond donors (Lipinski definition) is 0. The molecule has 0 aliphatic heterocycles. The van der Waals surface area contributed by atoms with Gasteiger partial charge >= 0.3 is 0 Å². The highest BCUT2D eigenvalue weighted by atomic mass is 16.1. The number of nitrogens with zero attached hydrogens (tertiary/aromatic N) is 1. The Kier molecular flexibility index (Phi) is 2.72. The second-order valence-electron chi connectivity index (χ2n) is 3.12. The maximum absolute atomic E-state index is 10.1. The summed E-state index contributed by atoms with van der Waals surface area (Å²) in [5.41, 5.74) is 2.79. The average Bonchev–Trinajstić information content (AvgIpc) is 2.31. The van der Waals surface area contributed by atoms with Crippen molar-refractivity contribution in [3.05, 3.63) is 54.6 Å². The zero-order chi connectivity index (χ0) is 10.5. The Morgan fingerprint density at radius 1 is 0.867 bits per heavy atom. The maximum atomic E-state index is 10.1. The molecule has 0 bridgehead atoms. The van der Waals surface area contributed by atoms with Crippen LogP contribution >= 0.6 is 0 Å². The van der Waals surface area contributed by atoms with E-state index in [4.69, 9.17) is 0 Å². The third-order valence-corrected chi connectivity index (χ3v) is 2.13. The van der Waals surface area contributed by atoms with E-state index in [1.165, 1.54) is 6.08 Å². The second-order valence-corrected chi connectivity index (χ2v) is 3.12. The van der Waals surface area contributed by atoms with Crippen LogP contribution in [0, 0.1) is 0 Å². The Balaban J connectivity index is 2.46. The summed E-state index contributed by atoms with van der Waals surface area (Å²) < 4.78 is 0. The van der Waals surface area contributed by atoms with E-state index in [9.17, 15) is 4.79 Å². The Morgan fingerprint density at radius 2 is 1.60 bits per heavy atom. The van der Waals surface area contributed by atoms with E-state index >= 15 is 0 Å². The summed E-state index contributed by atoms with van der Waals surface area (Å²) in [6, 6.07) is 17.5. The fourth-order valence-corrected chi connectivity index (χ4v) is 1.44. The lowest BCUT2D eigenvalue weighted by Gasteiger charge is -2.00. The molecule has 0 unspecified atom stereocenters. The molecule has 0 spiro atoms. The van der Waals surface area contributed by atoms with Gasteiger partial charge in [-0.1, -0.05) is 42.5 Å². The van der Waals surface area contributed by atoms with E-state index in [1.807, 2.05) is 48.5 Å². The smallest absolute Gasteiger partial charge is 0.211 e. The lowest BCUT2D eigenvalue weighted by atomic mass is 10.1. The molecule has 0 saturated heterocycles. The predicted molar refractivity (Wildman–Crippen MR) is 59.7 cm³/mol. The minimum Gasteiger partial charge on any atom is -0.211 e. The van der Waals surface area contributed by atoms with Gasteiger partial charge in [-0.15, -0.1) is 0 Å². The molecule has 0 radical (unpaired) electrons. The van der Waals surface area contributed by atoms with Crippen molar-refractivity contribution >= 4 is 11.8 Å². The molecule has 2 aromatic carbocycles. The summed E-state index contributed by atoms with van der Waals surface area (Å²) in [4.78, 5) is 13.7. The molecule has 0 N–H and O–H groups in total. The van der Waals surface area contributed by atoms with Gasteiger partial charge in [-0.05, 0) is 23.3 Å². The normalized spacial score (nSPS) is 9.33. The minimum absolute atomic E-state index is 0.631. The van der Waals surface area contributed by atoms with Crippen molar-refractivity contribution < 1.29 is 4.79 Å². The van der Waals surface area contributed by atoms with Gasteiger partial charge < -0.3 is 0 Å². The monoisotopic (exact) mass is 195 g/mol. The predicted octanol–water partition coefficient (Wildman–Crippen LogP) is 3.32. The van der Waals surface area contributed by atoms with Crippen LogP contribution in [0.4, 0.5) is 5.69 Å². The number of hydrogen-bond acceptors (Lipinski definition) is 2. The molecular formula is C13H9NO. The lowest BCUT2D eigenvalue weighted by Crippen LogP contribution is -1.75. The average molecular weight is 195 g/mol. The highest BCUT2D eigenvalue weighted by Crippen LogP contribution is 2.23. The zero-order valence-corrected chi connectivity index (χ0v) is 8.05. The Bertz CT molecular complexity index is 499. The molecule has 2 heteroatoms. The van der Waals surface area contributed by atoms with Gasteiger partial charge in [-0.2, -0.15) is 4.99 Å². The van der Waals surface area contributed by atoms with Crippen molar-refractivity contribution in [3.63, 3.8) is 0 Å². The number of aliphatic imine (C=N–C) groups is 1. The van der Waals surface area contributed by atoms with Crippen molar-refractivity contribution in [2.45, 2.75) is 0 Å². The van der Waals surface area contributed by atoms with Gasteiger partial charge in [0.15, 0.2) is 0 Å². The summed E-state index contributed by atoms with van der Waals surface area (Å²) in [6.07, 6.45) is 1.54. The van der Waals surface area contributed by atoms with Crippen LogP contribution in [0.15, 0.2) is 59.6 Å². The number of benzene rings is 2. The van der Waals surface area contributed by atoms with Crippen molar-refractivity contribution in [2.24, 2.45) is 4.99 Å². The van der Waals surface area contributed by atoms with Crippen molar-refractivity contribution in [2.75, 3.05) is 0 Å². The quantitative estimate of drug-likeness (QED) is 0.534. The molecule has 0 aliphatic carbocycles. The van der Waals surface area contributed by atoms with E-state index in [2.05, 4.69) is 4.99 Å².